The van der Waals surface area contributed by atoms with Gasteiger partial charge in [-0.15, -0.1) is 0 Å². The number of benzene rings is 1. The average molecular weight is 263 g/mol. The summed E-state index contributed by atoms with van der Waals surface area (Å²) in [6.07, 6.45) is 3.03. The number of rotatable bonds is 3. The Morgan fingerprint density at radius 3 is 2.79 bits per heavy atom. The van der Waals surface area contributed by atoms with Gasteiger partial charge in [0.05, 0.1) is 12.7 Å². The van der Waals surface area contributed by atoms with E-state index in [2.05, 4.69) is 10.1 Å². The Kier molecular flexibility index (Phi) is 3.04. The second-order valence-corrected chi connectivity index (χ2v) is 4.59. The maximum absolute atomic E-state index is 13.0. The van der Waals surface area contributed by atoms with E-state index in [1.165, 1.54) is 18.5 Å². The number of hydrogen-bond acceptors (Lipinski definition) is 4. The predicted octanol–water partition coefficient (Wildman–Crippen LogP) is 1.71. The molecule has 6 heteroatoms. The number of nitrogens with zero attached hydrogens (tertiary/aromatic N) is 3. The van der Waals surface area contributed by atoms with Gasteiger partial charge in [-0.25, -0.2) is 14.1 Å². The molecule has 1 aliphatic rings. The van der Waals surface area contributed by atoms with Crippen LogP contribution in [0.25, 0.3) is 0 Å². The molecule has 1 aromatic heterocycles. The minimum atomic E-state index is -0.930. The van der Waals surface area contributed by atoms with Crippen molar-refractivity contribution in [2.24, 2.45) is 0 Å². The highest BCUT2D eigenvalue weighted by atomic mass is 19.1. The van der Waals surface area contributed by atoms with Crippen LogP contribution in [0, 0.1) is 5.82 Å². The fraction of sp³-hybridized carbons (Fsp3) is 0.385. The van der Waals surface area contributed by atoms with Crippen LogP contribution in [0.3, 0.4) is 0 Å². The monoisotopic (exact) mass is 263 g/mol. The fourth-order valence-corrected chi connectivity index (χ4v) is 2.20. The van der Waals surface area contributed by atoms with E-state index >= 15 is 0 Å². The predicted molar refractivity (Wildman–Crippen MR) is 64.6 cm³/mol. The first kappa shape index (κ1) is 12.3. The van der Waals surface area contributed by atoms with Gasteiger partial charge in [-0.05, 0) is 19.1 Å². The summed E-state index contributed by atoms with van der Waals surface area (Å²) < 4.78 is 26.4. The molecule has 1 fully saturated rings. The van der Waals surface area contributed by atoms with Gasteiger partial charge in [0.1, 0.15) is 25.0 Å². The van der Waals surface area contributed by atoms with Gasteiger partial charge in [0.15, 0.2) is 0 Å². The molecular formula is C13H14FN3O2. The van der Waals surface area contributed by atoms with Gasteiger partial charge in [-0.1, -0.05) is 12.1 Å². The van der Waals surface area contributed by atoms with Crippen molar-refractivity contribution in [3.05, 3.63) is 48.3 Å². The smallest absolute Gasteiger partial charge is 0.215 e. The summed E-state index contributed by atoms with van der Waals surface area (Å²) in [5, 5.41) is 4.06. The van der Waals surface area contributed by atoms with Crippen molar-refractivity contribution in [2.75, 3.05) is 6.61 Å². The molecule has 1 aliphatic heterocycles. The fourth-order valence-electron chi connectivity index (χ4n) is 2.20. The molecule has 2 heterocycles. The van der Waals surface area contributed by atoms with E-state index in [0.717, 1.165) is 5.56 Å². The lowest BCUT2D eigenvalue weighted by Crippen LogP contribution is -2.33. The van der Waals surface area contributed by atoms with Gasteiger partial charge in [-0.3, -0.25) is 0 Å². The van der Waals surface area contributed by atoms with Gasteiger partial charge in [0.25, 0.3) is 0 Å². The quantitative estimate of drug-likeness (QED) is 0.845. The van der Waals surface area contributed by atoms with E-state index in [4.69, 9.17) is 9.47 Å². The molecular weight excluding hydrogens is 249 g/mol. The van der Waals surface area contributed by atoms with Crippen LogP contribution in [0.5, 0.6) is 0 Å². The molecule has 0 amide bonds. The zero-order chi connectivity index (χ0) is 13.3. The number of hydrogen-bond donors (Lipinski definition) is 0. The van der Waals surface area contributed by atoms with Crippen molar-refractivity contribution in [3.8, 4) is 0 Å². The molecule has 0 aliphatic carbocycles. The van der Waals surface area contributed by atoms with Crippen LogP contribution in [-0.4, -0.2) is 27.5 Å². The number of halogens is 1. The third kappa shape index (κ3) is 2.36. The van der Waals surface area contributed by atoms with E-state index in [9.17, 15) is 4.39 Å². The van der Waals surface area contributed by atoms with Gasteiger partial charge >= 0.3 is 0 Å². The van der Waals surface area contributed by atoms with Crippen molar-refractivity contribution >= 4 is 0 Å². The van der Waals surface area contributed by atoms with Crippen LogP contribution < -0.4 is 0 Å². The second kappa shape index (κ2) is 4.71. The Morgan fingerprint density at radius 2 is 2.21 bits per heavy atom. The molecule has 1 unspecified atom stereocenters. The van der Waals surface area contributed by atoms with Crippen LogP contribution in [0.2, 0.25) is 0 Å². The first-order chi connectivity index (χ1) is 9.18. The normalized spacial score (nSPS) is 26.7. The minimum Gasteiger partial charge on any atom is -0.342 e. The molecule has 19 heavy (non-hydrogen) atoms. The summed E-state index contributed by atoms with van der Waals surface area (Å²) >= 11 is 0. The summed E-state index contributed by atoms with van der Waals surface area (Å²) in [7, 11) is 0. The largest absolute Gasteiger partial charge is 0.342 e. The maximum Gasteiger partial charge on any atom is 0.215 e. The van der Waals surface area contributed by atoms with E-state index in [1.54, 1.807) is 23.1 Å². The highest BCUT2D eigenvalue weighted by Crippen LogP contribution is 2.35. The van der Waals surface area contributed by atoms with E-state index in [1.807, 2.05) is 6.92 Å². The molecule has 5 nitrogen and oxygen atoms in total. The molecule has 1 aromatic carbocycles. The van der Waals surface area contributed by atoms with E-state index in [-0.39, 0.29) is 11.9 Å². The van der Waals surface area contributed by atoms with Gasteiger partial charge in [0, 0.05) is 5.56 Å². The zero-order valence-electron chi connectivity index (χ0n) is 10.5. The third-order valence-electron chi connectivity index (χ3n) is 3.06. The van der Waals surface area contributed by atoms with Crippen LogP contribution in [0.1, 0.15) is 12.5 Å². The first-order valence-electron chi connectivity index (χ1n) is 6.08. The Balaban J connectivity index is 1.95. The second-order valence-electron chi connectivity index (χ2n) is 4.59. The number of ether oxygens (including phenoxy) is 2. The van der Waals surface area contributed by atoms with Crippen LogP contribution in [0.4, 0.5) is 4.39 Å². The third-order valence-corrected chi connectivity index (χ3v) is 3.06. The summed E-state index contributed by atoms with van der Waals surface area (Å²) in [4.78, 5) is 3.90. The first-order valence-corrected chi connectivity index (χ1v) is 6.08. The number of aromatic nitrogens is 3. The molecule has 100 valence electrons. The molecule has 0 saturated carbocycles. The van der Waals surface area contributed by atoms with Crippen LogP contribution >= 0.6 is 0 Å². The van der Waals surface area contributed by atoms with Gasteiger partial charge in [0.2, 0.25) is 5.79 Å². The lowest BCUT2D eigenvalue weighted by atomic mass is 10.1. The lowest BCUT2D eigenvalue weighted by molar-refractivity contribution is -0.186. The minimum absolute atomic E-state index is 0.0198. The van der Waals surface area contributed by atoms with Crippen molar-refractivity contribution in [1.82, 2.24) is 14.8 Å². The Labute approximate surface area is 110 Å². The Hall–Kier alpha value is -1.79. The average Bonchev–Trinajstić information content (AvgIpc) is 3.01. The van der Waals surface area contributed by atoms with Gasteiger partial charge < -0.3 is 9.47 Å². The van der Waals surface area contributed by atoms with E-state index < -0.39 is 5.79 Å². The standard InChI is InChI=1S/C13H14FN3O2/c1-10-6-18-13(19-10,7-17-9-15-8-16-17)11-2-4-12(14)5-3-11/h2-5,8-10H,6-7H2,1H3/t10-,13?/m1/s1. The Morgan fingerprint density at radius 1 is 1.42 bits per heavy atom. The molecule has 0 bridgehead atoms. The van der Waals surface area contributed by atoms with Crippen molar-refractivity contribution < 1.29 is 13.9 Å². The van der Waals surface area contributed by atoms with Crippen molar-refractivity contribution in [3.63, 3.8) is 0 Å². The topological polar surface area (TPSA) is 49.2 Å². The maximum atomic E-state index is 13.0. The summed E-state index contributed by atoms with van der Waals surface area (Å²) in [5.41, 5.74) is 0.772. The molecule has 0 N–H and O–H groups in total. The highest BCUT2D eigenvalue weighted by Gasteiger charge is 2.42. The summed E-state index contributed by atoms with van der Waals surface area (Å²) in [5.74, 6) is -1.22. The summed E-state index contributed by atoms with van der Waals surface area (Å²) in [6.45, 7) is 2.81. The van der Waals surface area contributed by atoms with Gasteiger partial charge in [-0.2, -0.15) is 5.10 Å². The zero-order valence-corrected chi connectivity index (χ0v) is 10.5. The molecule has 2 aromatic rings. The highest BCUT2D eigenvalue weighted by molar-refractivity contribution is 5.22. The van der Waals surface area contributed by atoms with Crippen LogP contribution in [0.15, 0.2) is 36.9 Å². The van der Waals surface area contributed by atoms with Crippen LogP contribution in [-0.2, 0) is 21.8 Å². The van der Waals surface area contributed by atoms with Crippen molar-refractivity contribution in [1.29, 1.82) is 0 Å². The van der Waals surface area contributed by atoms with E-state index in [0.29, 0.717) is 13.2 Å². The summed E-state index contributed by atoms with van der Waals surface area (Å²) in [6, 6.07) is 6.14. The molecule has 1 saturated heterocycles. The molecule has 0 spiro atoms. The lowest BCUT2D eigenvalue weighted by Gasteiger charge is -2.28. The molecule has 3 rings (SSSR count). The SMILES string of the molecule is C[C@@H]1COC(Cn2cncn2)(c2ccc(F)cc2)O1. The molecule has 0 radical (unpaired) electrons. The van der Waals surface area contributed by atoms with Crippen molar-refractivity contribution in [2.45, 2.75) is 25.4 Å². The Bertz CT molecular complexity index is 544. The molecule has 2 atom stereocenters.